The first-order valence-corrected chi connectivity index (χ1v) is 9.50. The van der Waals surface area contributed by atoms with Gasteiger partial charge in [-0.1, -0.05) is 0 Å². The molecule has 0 bridgehead atoms. The van der Waals surface area contributed by atoms with Crippen LogP contribution in [0.4, 0.5) is 8.78 Å². The second-order valence-corrected chi connectivity index (χ2v) is 6.93. The minimum Gasteiger partial charge on any atom is -0.488 e. The van der Waals surface area contributed by atoms with Gasteiger partial charge in [-0.25, -0.2) is 8.78 Å². The van der Waals surface area contributed by atoms with Gasteiger partial charge in [0.2, 0.25) is 5.91 Å². The van der Waals surface area contributed by atoms with Crippen LogP contribution in [0.2, 0.25) is 0 Å². The third kappa shape index (κ3) is 4.48. The first kappa shape index (κ1) is 19.8. The molecule has 0 spiro atoms. The second-order valence-electron chi connectivity index (χ2n) is 5.93. The Balaban J connectivity index is 1.73. The molecule has 2 amide bonds. The lowest BCUT2D eigenvalue weighted by Crippen LogP contribution is -2.42. The largest absolute Gasteiger partial charge is 0.488 e. The van der Waals surface area contributed by atoms with Gasteiger partial charge >= 0.3 is 0 Å². The molecule has 1 aromatic heterocycles. The first-order chi connectivity index (χ1) is 13.5. The maximum atomic E-state index is 12.6. The van der Waals surface area contributed by atoms with E-state index in [-0.39, 0.29) is 23.8 Å². The van der Waals surface area contributed by atoms with E-state index >= 15 is 0 Å². The first-order valence-electron chi connectivity index (χ1n) is 8.34. The predicted octanol–water partition coefficient (Wildman–Crippen LogP) is 2.03. The summed E-state index contributed by atoms with van der Waals surface area (Å²) in [7, 11) is 0. The van der Waals surface area contributed by atoms with E-state index in [0.29, 0.717) is 22.5 Å². The average molecular weight is 406 g/mol. The number of fused-ring (bicyclic) bond motifs is 1. The third-order valence-corrected chi connectivity index (χ3v) is 5.10. The van der Waals surface area contributed by atoms with Crippen LogP contribution in [0.3, 0.4) is 0 Å². The summed E-state index contributed by atoms with van der Waals surface area (Å²) >= 11 is 1.48. The summed E-state index contributed by atoms with van der Waals surface area (Å²) in [5, 5.41) is 12.0. The highest BCUT2D eigenvalue weighted by atomic mass is 32.2. The zero-order valence-corrected chi connectivity index (χ0v) is 15.4. The quantitative estimate of drug-likeness (QED) is 0.789. The van der Waals surface area contributed by atoms with Crippen LogP contribution in [0.5, 0.6) is 5.75 Å². The van der Waals surface area contributed by atoms with Gasteiger partial charge in [-0.3, -0.25) is 14.6 Å². The number of thioether (sulfide) groups is 1. The van der Waals surface area contributed by atoms with E-state index < -0.39 is 25.0 Å². The predicted molar refractivity (Wildman–Crippen MR) is 99.1 cm³/mol. The van der Waals surface area contributed by atoms with Crippen LogP contribution in [0.25, 0.3) is 10.9 Å². The SMILES string of the molecule is N#C[C@@H]1CSCN1C(=O)CNC(=O)c1ccnc2ccc(OCC(F)F)cc12. The number of alkyl halides is 2. The average Bonchev–Trinajstić information content (AvgIpc) is 3.18. The number of rotatable bonds is 6. The summed E-state index contributed by atoms with van der Waals surface area (Å²) in [4.78, 5) is 30.4. The smallest absolute Gasteiger partial charge is 0.272 e. The standard InChI is InChI=1S/C18H16F2N4O3S/c19-16(20)8-27-12-1-2-15-14(5-12)13(3-4-22-15)18(26)23-7-17(25)24-10-28-9-11(24)6-21/h1-5,11,16H,7-10H2,(H,23,26)/t11-/m1/s1. The van der Waals surface area contributed by atoms with Crippen molar-refractivity contribution in [3.8, 4) is 11.8 Å². The number of carbonyl (C=O) groups is 2. The lowest BCUT2D eigenvalue weighted by Gasteiger charge is -2.18. The summed E-state index contributed by atoms with van der Waals surface area (Å²) in [6, 6.07) is 7.57. The number of carbonyl (C=O) groups excluding carboxylic acids is 2. The van der Waals surface area contributed by atoms with Crippen LogP contribution in [0.15, 0.2) is 30.5 Å². The van der Waals surface area contributed by atoms with Crippen molar-refractivity contribution in [1.82, 2.24) is 15.2 Å². The number of hydrogen-bond donors (Lipinski definition) is 1. The van der Waals surface area contributed by atoms with Gasteiger partial charge in [0.25, 0.3) is 12.3 Å². The molecular formula is C18H16F2N4O3S. The molecule has 1 aliphatic rings. The van der Waals surface area contributed by atoms with Crippen molar-refractivity contribution in [2.75, 3.05) is 24.8 Å². The van der Waals surface area contributed by atoms with Crippen LogP contribution >= 0.6 is 11.8 Å². The van der Waals surface area contributed by atoms with E-state index in [0.717, 1.165) is 0 Å². The van der Waals surface area contributed by atoms with E-state index in [2.05, 4.69) is 16.4 Å². The molecule has 0 aliphatic carbocycles. The molecule has 28 heavy (non-hydrogen) atoms. The van der Waals surface area contributed by atoms with E-state index in [1.807, 2.05) is 0 Å². The molecule has 1 saturated heterocycles. The van der Waals surface area contributed by atoms with Gasteiger partial charge in [-0.15, -0.1) is 11.8 Å². The van der Waals surface area contributed by atoms with Gasteiger partial charge < -0.3 is 15.0 Å². The number of aromatic nitrogens is 1. The zero-order chi connectivity index (χ0) is 20.1. The molecule has 3 rings (SSSR count). The molecular weight excluding hydrogens is 390 g/mol. The van der Waals surface area contributed by atoms with Gasteiger partial charge in [0.1, 0.15) is 18.4 Å². The Hall–Kier alpha value is -2.93. The van der Waals surface area contributed by atoms with Crippen LogP contribution in [0.1, 0.15) is 10.4 Å². The van der Waals surface area contributed by atoms with Crippen LogP contribution in [-0.4, -0.2) is 58.9 Å². The summed E-state index contributed by atoms with van der Waals surface area (Å²) < 4.78 is 29.7. The van der Waals surface area contributed by atoms with Crippen molar-refractivity contribution < 1.29 is 23.1 Å². The highest BCUT2D eigenvalue weighted by Gasteiger charge is 2.29. The third-order valence-electron chi connectivity index (χ3n) is 4.09. The molecule has 146 valence electrons. The highest BCUT2D eigenvalue weighted by molar-refractivity contribution is 7.99. The van der Waals surface area contributed by atoms with E-state index in [1.165, 1.54) is 41.1 Å². The maximum Gasteiger partial charge on any atom is 0.272 e. The number of nitrogens with zero attached hydrogens (tertiary/aromatic N) is 3. The summed E-state index contributed by atoms with van der Waals surface area (Å²) in [6.45, 7) is -1.00. The summed E-state index contributed by atoms with van der Waals surface area (Å²) in [5.74, 6) is 0.302. The van der Waals surface area contributed by atoms with Crippen molar-refractivity contribution in [1.29, 1.82) is 5.26 Å². The molecule has 2 aromatic rings. The van der Waals surface area contributed by atoms with Crippen LogP contribution in [-0.2, 0) is 4.79 Å². The molecule has 10 heteroatoms. The molecule has 0 saturated carbocycles. The van der Waals surface area contributed by atoms with Gasteiger partial charge in [0, 0.05) is 17.3 Å². The van der Waals surface area contributed by atoms with Crippen molar-refractivity contribution >= 4 is 34.5 Å². The number of amides is 2. The monoisotopic (exact) mass is 406 g/mol. The number of halogens is 2. The lowest BCUT2D eigenvalue weighted by atomic mass is 10.1. The second kappa shape index (κ2) is 8.84. The van der Waals surface area contributed by atoms with Gasteiger partial charge in [-0.05, 0) is 24.3 Å². The number of ether oxygens (including phenoxy) is 1. The van der Waals surface area contributed by atoms with Gasteiger partial charge in [0.05, 0.1) is 29.6 Å². The van der Waals surface area contributed by atoms with Gasteiger partial charge in [0.15, 0.2) is 0 Å². The molecule has 1 atom stereocenters. The van der Waals surface area contributed by atoms with E-state index in [4.69, 9.17) is 10.00 Å². The fourth-order valence-corrected chi connectivity index (χ4v) is 3.82. The van der Waals surface area contributed by atoms with Gasteiger partial charge in [-0.2, -0.15) is 5.26 Å². The molecule has 1 fully saturated rings. The zero-order valence-electron chi connectivity index (χ0n) is 14.6. The Morgan fingerprint density at radius 2 is 2.25 bits per heavy atom. The maximum absolute atomic E-state index is 12.6. The van der Waals surface area contributed by atoms with Crippen molar-refractivity contribution in [2.45, 2.75) is 12.5 Å². The summed E-state index contributed by atoms with van der Waals surface area (Å²) in [6.07, 6.45) is -1.17. The lowest BCUT2D eigenvalue weighted by molar-refractivity contribution is -0.129. The van der Waals surface area contributed by atoms with E-state index in [9.17, 15) is 18.4 Å². The van der Waals surface area contributed by atoms with Crippen LogP contribution < -0.4 is 10.1 Å². The van der Waals surface area contributed by atoms with Crippen molar-refractivity contribution in [3.63, 3.8) is 0 Å². The number of hydrogen-bond acceptors (Lipinski definition) is 6. The Morgan fingerprint density at radius 1 is 1.43 bits per heavy atom. The fourth-order valence-electron chi connectivity index (χ4n) is 2.72. The Kier molecular flexibility index (Phi) is 6.26. The molecule has 0 unspecified atom stereocenters. The van der Waals surface area contributed by atoms with E-state index in [1.54, 1.807) is 6.07 Å². The van der Waals surface area contributed by atoms with Crippen molar-refractivity contribution in [2.24, 2.45) is 0 Å². The topological polar surface area (TPSA) is 95.3 Å². The number of nitriles is 1. The minimum atomic E-state index is -2.61. The van der Waals surface area contributed by atoms with Crippen LogP contribution in [0, 0.1) is 11.3 Å². The Bertz CT molecular complexity index is 935. The fraction of sp³-hybridized carbons (Fsp3) is 0.333. The molecule has 0 radical (unpaired) electrons. The normalized spacial score (nSPS) is 16.2. The minimum absolute atomic E-state index is 0.192. The molecule has 7 nitrogen and oxygen atoms in total. The Morgan fingerprint density at radius 3 is 3.00 bits per heavy atom. The number of pyridine rings is 1. The molecule has 1 aliphatic heterocycles. The Labute approximate surface area is 163 Å². The molecule has 1 aromatic carbocycles. The molecule has 2 heterocycles. The number of benzene rings is 1. The van der Waals surface area contributed by atoms with Crippen molar-refractivity contribution in [3.05, 3.63) is 36.0 Å². The number of nitrogens with one attached hydrogen (secondary N) is 1. The highest BCUT2D eigenvalue weighted by Crippen LogP contribution is 2.23. The molecule has 1 N–H and O–H groups in total. The summed E-state index contributed by atoms with van der Waals surface area (Å²) in [5.41, 5.74) is 0.733.